The molecule has 2 aliphatic rings. The quantitative estimate of drug-likeness (QED) is 0.189. The molecular weight excluding hydrogens is 596 g/mol. The van der Waals surface area contributed by atoms with E-state index in [1.807, 2.05) is 54.6 Å². The van der Waals surface area contributed by atoms with E-state index in [9.17, 15) is 19.5 Å². The maximum Gasteiger partial charge on any atom is 0.303 e. The van der Waals surface area contributed by atoms with Crippen LogP contribution in [0.5, 0.6) is 11.5 Å². The third kappa shape index (κ3) is 6.76. The molecule has 1 N–H and O–H groups in total. The Bertz CT molecular complexity index is 1730. The van der Waals surface area contributed by atoms with E-state index in [1.165, 1.54) is 19.9 Å². The summed E-state index contributed by atoms with van der Waals surface area (Å²) < 4.78 is 41.4. The van der Waals surface area contributed by atoms with Crippen LogP contribution in [0.1, 0.15) is 53.6 Å². The summed E-state index contributed by atoms with van der Waals surface area (Å²) in [5, 5.41) is 11.9. The van der Waals surface area contributed by atoms with E-state index in [1.54, 1.807) is 19.3 Å². The van der Waals surface area contributed by atoms with Crippen LogP contribution in [0.25, 0.3) is 11.0 Å². The zero-order valence-corrected chi connectivity index (χ0v) is 25.5. The molecule has 0 bridgehead atoms. The van der Waals surface area contributed by atoms with Crippen molar-refractivity contribution in [3.63, 3.8) is 0 Å². The molecule has 4 aromatic rings. The second-order valence-electron chi connectivity index (χ2n) is 11.4. The molecule has 3 aromatic carbocycles. The molecule has 2 saturated heterocycles. The number of carbonyl (C=O) groups excluding carboxylic acids is 3. The van der Waals surface area contributed by atoms with E-state index in [0.29, 0.717) is 12.0 Å². The SMILES string of the molecule is CC(=O)O[C@@H]1[C@@H](OC(C)=O)[C@H](Oc2cc(C)cc(O)c2C(=O)CCc2ccc3occc3c2)O[C@@H]2COC(c3ccccc3)O[C@@H]12. The summed E-state index contributed by atoms with van der Waals surface area (Å²) >= 11 is 0. The summed E-state index contributed by atoms with van der Waals surface area (Å²) in [6.45, 7) is 4.22. The first-order valence-electron chi connectivity index (χ1n) is 15.0. The van der Waals surface area contributed by atoms with Gasteiger partial charge in [0, 0.05) is 31.2 Å². The largest absolute Gasteiger partial charge is 0.507 e. The van der Waals surface area contributed by atoms with Crippen molar-refractivity contribution >= 4 is 28.7 Å². The fraction of sp³-hybridized carbons (Fsp3) is 0.343. The van der Waals surface area contributed by atoms with E-state index in [4.69, 9.17) is 32.8 Å². The Morgan fingerprint density at radius 3 is 2.43 bits per heavy atom. The van der Waals surface area contributed by atoms with Gasteiger partial charge in [-0.3, -0.25) is 14.4 Å². The number of aryl methyl sites for hydroxylation is 2. The van der Waals surface area contributed by atoms with Gasteiger partial charge in [0.1, 0.15) is 34.9 Å². The summed E-state index contributed by atoms with van der Waals surface area (Å²) in [6.07, 6.45) is -4.18. The van der Waals surface area contributed by atoms with Gasteiger partial charge in [0.15, 0.2) is 18.2 Å². The van der Waals surface area contributed by atoms with Crippen LogP contribution in [-0.2, 0) is 39.7 Å². The van der Waals surface area contributed by atoms with Gasteiger partial charge < -0.3 is 37.9 Å². The summed E-state index contributed by atoms with van der Waals surface area (Å²) in [6, 6.07) is 19.8. The summed E-state index contributed by atoms with van der Waals surface area (Å²) in [5.41, 5.74) is 2.97. The molecule has 11 heteroatoms. The van der Waals surface area contributed by atoms with Gasteiger partial charge >= 0.3 is 11.9 Å². The van der Waals surface area contributed by atoms with Gasteiger partial charge in [-0.1, -0.05) is 36.4 Å². The molecule has 11 nitrogen and oxygen atoms in total. The Kier molecular flexibility index (Phi) is 9.07. The zero-order valence-electron chi connectivity index (χ0n) is 25.5. The maximum absolute atomic E-state index is 13.6. The van der Waals surface area contributed by atoms with E-state index in [2.05, 4.69) is 0 Å². The molecule has 6 atom stereocenters. The molecule has 1 unspecified atom stereocenters. The predicted octanol–water partition coefficient (Wildman–Crippen LogP) is 5.34. The molecule has 2 fully saturated rings. The lowest BCUT2D eigenvalue weighted by molar-refractivity contribution is -0.351. The number of furan rings is 1. The number of hydrogen-bond donors (Lipinski definition) is 1. The Balaban J connectivity index is 1.27. The van der Waals surface area contributed by atoms with Gasteiger partial charge in [0.25, 0.3) is 0 Å². The van der Waals surface area contributed by atoms with Gasteiger partial charge in [-0.15, -0.1) is 0 Å². The number of benzene rings is 3. The van der Waals surface area contributed by atoms with Crippen LogP contribution in [0.2, 0.25) is 0 Å². The molecule has 0 aliphatic carbocycles. The number of Topliss-reactive ketones (excluding diaryl/α,β-unsaturated/α-hetero) is 1. The Labute approximate surface area is 264 Å². The fourth-order valence-corrected chi connectivity index (χ4v) is 5.85. The minimum atomic E-state index is -1.36. The lowest BCUT2D eigenvalue weighted by atomic mass is 9.96. The molecule has 3 heterocycles. The van der Waals surface area contributed by atoms with Crippen molar-refractivity contribution in [3.05, 3.63) is 95.2 Å². The number of hydrogen-bond acceptors (Lipinski definition) is 11. The molecule has 0 radical (unpaired) electrons. The molecule has 2 aliphatic heterocycles. The highest BCUT2D eigenvalue weighted by molar-refractivity contribution is 6.01. The van der Waals surface area contributed by atoms with Crippen LogP contribution in [-0.4, -0.2) is 60.1 Å². The molecule has 6 rings (SSSR count). The molecular formula is C35H34O11. The second kappa shape index (κ2) is 13.3. The summed E-state index contributed by atoms with van der Waals surface area (Å²) in [5.74, 6) is -1.93. The molecule has 0 amide bonds. The van der Waals surface area contributed by atoms with Crippen molar-refractivity contribution < 1.29 is 52.3 Å². The Hall–Kier alpha value is -4.71. The number of esters is 2. The number of rotatable bonds is 9. The van der Waals surface area contributed by atoms with Crippen LogP contribution in [0.15, 0.2) is 77.4 Å². The predicted molar refractivity (Wildman–Crippen MR) is 162 cm³/mol. The zero-order chi connectivity index (χ0) is 32.4. The first-order chi connectivity index (χ1) is 22.2. The first kappa shape index (κ1) is 31.3. The summed E-state index contributed by atoms with van der Waals surface area (Å²) in [4.78, 5) is 38.2. The molecule has 1 aromatic heterocycles. The highest BCUT2D eigenvalue weighted by Crippen LogP contribution is 2.39. The third-order valence-corrected chi connectivity index (χ3v) is 7.86. The molecule has 46 heavy (non-hydrogen) atoms. The smallest absolute Gasteiger partial charge is 0.303 e. The van der Waals surface area contributed by atoms with Crippen molar-refractivity contribution in [1.29, 1.82) is 0 Å². The highest BCUT2D eigenvalue weighted by atomic mass is 16.8. The monoisotopic (exact) mass is 630 g/mol. The van der Waals surface area contributed by atoms with E-state index >= 15 is 0 Å². The Morgan fingerprint density at radius 2 is 1.67 bits per heavy atom. The summed E-state index contributed by atoms with van der Waals surface area (Å²) in [7, 11) is 0. The van der Waals surface area contributed by atoms with Crippen molar-refractivity contribution in [3.8, 4) is 11.5 Å². The minimum absolute atomic E-state index is 0.0229. The number of phenols is 1. The minimum Gasteiger partial charge on any atom is -0.507 e. The highest BCUT2D eigenvalue weighted by Gasteiger charge is 2.54. The van der Waals surface area contributed by atoms with E-state index < -0.39 is 48.9 Å². The second-order valence-corrected chi connectivity index (χ2v) is 11.4. The van der Waals surface area contributed by atoms with Gasteiger partial charge in [-0.2, -0.15) is 0 Å². The van der Waals surface area contributed by atoms with E-state index in [-0.39, 0.29) is 35.9 Å². The normalized spacial score (nSPS) is 24.2. The maximum atomic E-state index is 13.6. The van der Waals surface area contributed by atoms with Crippen molar-refractivity contribution in [2.75, 3.05) is 6.61 Å². The first-order valence-corrected chi connectivity index (χ1v) is 15.0. The number of aromatic hydroxyl groups is 1. The number of ketones is 1. The van der Waals surface area contributed by atoms with E-state index in [0.717, 1.165) is 22.1 Å². The van der Waals surface area contributed by atoms with Gasteiger partial charge in [-0.25, -0.2) is 0 Å². The van der Waals surface area contributed by atoms with Crippen LogP contribution in [0.3, 0.4) is 0 Å². The van der Waals surface area contributed by atoms with Crippen LogP contribution in [0, 0.1) is 6.92 Å². The van der Waals surface area contributed by atoms with Crippen molar-refractivity contribution in [1.82, 2.24) is 0 Å². The molecule has 240 valence electrons. The number of carbonyl (C=O) groups is 3. The standard InChI is InChI=1S/C35H34O11/c1-19-15-26(39)30(25(38)11-9-22-10-12-27-24(17-22)13-14-40-27)28(16-19)44-35-33(43-21(3)37)32(42-20(2)36)31-29(45-35)18-41-34(46-31)23-7-5-4-6-8-23/h4-8,10,12-17,29,31-35,39H,9,11,18H2,1-3H3/t29-,31-,32+,33-,34?,35-/m1/s1. The van der Waals surface area contributed by atoms with Crippen molar-refractivity contribution in [2.24, 2.45) is 0 Å². The average molecular weight is 631 g/mol. The molecule has 0 saturated carbocycles. The fourth-order valence-electron chi connectivity index (χ4n) is 5.85. The van der Waals surface area contributed by atoms with Crippen LogP contribution < -0.4 is 4.74 Å². The van der Waals surface area contributed by atoms with Gasteiger partial charge in [-0.05, 0) is 54.8 Å². The average Bonchev–Trinajstić information content (AvgIpc) is 3.49. The third-order valence-electron chi connectivity index (χ3n) is 7.86. The van der Waals surface area contributed by atoms with Crippen LogP contribution in [0.4, 0.5) is 0 Å². The lowest BCUT2D eigenvalue weighted by Gasteiger charge is -2.47. The lowest BCUT2D eigenvalue weighted by Crippen LogP contribution is -2.65. The number of fused-ring (bicyclic) bond motifs is 2. The molecule has 0 spiro atoms. The Morgan fingerprint density at radius 1 is 0.913 bits per heavy atom. The topological polar surface area (TPSA) is 140 Å². The van der Waals surface area contributed by atoms with Crippen LogP contribution >= 0.6 is 0 Å². The van der Waals surface area contributed by atoms with Gasteiger partial charge in [0.05, 0.1) is 12.9 Å². The van der Waals surface area contributed by atoms with Crippen molar-refractivity contribution in [2.45, 2.75) is 70.6 Å². The number of ether oxygens (including phenoxy) is 6. The van der Waals surface area contributed by atoms with Gasteiger partial charge in [0.2, 0.25) is 12.4 Å². The number of phenolic OH excluding ortho intramolecular Hbond substituents is 1.